The van der Waals surface area contributed by atoms with Crippen LogP contribution in [0, 0.1) is 0 Å². The number of sulfonamides is 2. The molecule has 0 aliphatic heterocycles. The monoisotopic (exact) mass is 441 g/mol. The highest BCUT2D eigenvalue weighted by Gasteiger charge is 2.25. The Morgan fingerprint density at radius 2 is 1.52 bits per heavy atom. The molecule has 0 radical (unpaired) electrons. The van der Waals surface area contributed by atoms with E-state index in [1.54, 1.807) is 19.1 Å². The van der Waals surface area contributed by atoms with Gasteiger partial charge in [0.05, 0.1) is 22.9 Å². The van der Waals surface area contributed by atoms with Crippen molar-refractivity contribution in [3.8, 4) is 5.75 Å². The number of hydrogen-bond donors (Lipinski definition) is 2. The minimum absolute atomic E-state index is 0.0492. The molecule has 0 aliphatic rings. The number of primary sulfonamides is 1. The predicted molar refractivity (Wildman–Crippen MR) is 108 cm³/mol. The van der Waals surface area contributed by atoms with Crippen molar-refractivity contribution in [1.29, 1.82) is 0 Å². The average molecular weight is 442 g/mol. The Hall–Kier alpha value is -2.47. The molecule has 2 rings (SSSR count). The van der Waals surface area contributed by atoms with E-state index in [1.165, 1.54) is 36.4 Å². The molecular weight excluding hydrogens is 418 g/mol. The largest absolute Gasteiger partial charge is 0.494 e. The maximum Gasteiger partial charge on any atom is 0.243 e. The second-order valence-electron chi connectivity index (χ2n) is 5.95. The van der Waals surface area contributed by atoms with Gasteiger partial charge in [0.2, 0.25) is 26.0 Å². The van der Waals surface area contributed by atoms with Crippen molar-refractivity contribution in [3.05, 3.63) is 48.5 Å². The van der Waals surface area contributed by atoms with Gasteiger partial charge in [-0.2, -0.15) is 4.31 Å². The lowest BCUT2D eigenvalue weighted by Gasteiger charge is -2.20. The number of carbonyl (C=O) groups is 1. The van der Waals surface area contributed by atoms with Crippen LogP contribution in [0.1, 0.15) is 13.8 Å². The van der Waals surface area contributed by atoms with Crippen LogP contribution in [0.15, 0.2) is 58.3 Å². The average Bonchev–Trinajstić information content (AvgIpc) is 2.66. The van der Waals surface area contributed by atoms with Gasteiger partial charge in [-0.15, -0.1) is 0 Å². The molecule has 2 aromatic carbocycles. The highest BCUT2D eigenvalue weighted by atomic mass is 32.2. The molecule has 29 heavy (non-hydrogen) atoms. The molecule has 0 spiro atoms. The van der Waals surface area contributed by atoms with E-state index in [0.717, 1.165) is 4.31 Å². The zero-order valence-electron chi connectivity index (χ0n) is 16.0. The second-order valence-corrected chi connectivity index (χ2v) is 9.45. The fraction of sp³-hybridized carbons (Fsp3) is 0.278. The van der Waals surface area contributed by atoms with Gasteiger partial charge in [-0.25, -0.2) is 22.0 Å². The first-order valence-corrected chi connectivity index (χ1v) is 11.7. The van der Waals surface area contributed by atoms with E-state index in [0.29, 0.717) is 18.0 Å². The van der Waals surface area contributed by atoms with E-state index in [-0.39, 0.29) is 16.3 Å². The summed E-state index contributed by atoms with van der Waals surface area (Å²) in [6, 6.07) is 11.2. The molecule has 0 bridgehead atoms. The fourth-order valence-electron chi connectivity index (χ4n) is 2.48. The second kappa shape index (κ2) is 9.35. The molecule has 0 heterocycles. The van der Waals surface area contributed by atoms with Crippen molar-refractivity contribution in [3.63, 3.8) is 0 Å². The van der Waals surface area contributed by atoms with Gasteiger partial charge < -0.3 is 10.1 Å². The number of nitrogens with one attached hydrogen (secondary N) is 1. The lowest BCUT2D eigenvalue weighted by atomic mass is 10.3. The minimum atomic E-state index is -3.88. The molecule has 9 nitrogen and oxygen atoms in total. The third kappa shape index (κ3) is 6.00. The van der Waals surface area contributed by atoms with E-state index in [1.807, 2.05) is 6.92 Å². The summed E-state index contributed by atoms with van der Waals surface area (Å²) in [5.41, 5.74) is 0.317. The predicted octanol–water partition coefficient (Wildman–Crippen LogP) is 1.38. The van der Waals surface area contributed by atoms with Gasteiger partial charge in [-0.05, 0) is 55.5 Å². The molecule has 0 saturated carbocycles. The number of hydrogen-bond acceptors (Lipinski definition) is 6. The van der Waals surface area contributed by atoms with E-state index in [9.17, 15) is 21.6 Å². The van der Waals surface area contributed by atoms with Gasteiger partial charge in [0.1, 0.15) is 5.75 Å². The van der Waals surface area contributed by atoms with Crippen LogP contribution in [0.5, 0.6) is 5.75 Å². The van der Waals surface area contributed by atoms with Crippen molar-refractivity contribution in [1.82, 2.24) is 4.31 Å². The highest BCUT2D eigenvalue weighted by Crippen LogP contribution is 2.20. The fourth-order valence-corrected chi connectivity index (χ4v) is 4.40. The molecule has 0 atom stereocenters. The summed E-state index contributed by atoms with van der Waals surface area (Å²) in [4.78, 5) is 12.3. The van der Waals surface area contributed by atoms with Crippen molar-refractivity contribution >= 4 is 31.6 Å². The summed E-state index contributed by atoms with van der Waals surface area (Å²) in [5, 5.41) is 7.56. The Balaban J connectivity index is 2.10. The van der Waals surface area contributed by atoms with Crippen molar-refractivity contribution in [2.75, 3.05) is 25.0 Å². The van der Waals surface area contributed by atoms with E-state index in [2.05, 4.69) is 5.32 Å². The third-order valence-electron chi connectivity index (χ3n) is 3.91. The number of nitrogens with two attached hydrogens (primary N) is 1. The molecule has 0 fully saturated rings. The normalized spacial score (nSPS) is 12.0. The zero-order chi connectivity index (χ0) is 21.7. The van der Waals surface area contributed by atoms with E-state index < -0.39 is 32.5 Å². The first kappa shape index (κ1) is 22.8. The summed E-state index contributed by atoms with van der Waals surface area (Å²) in [5.74, 6) is -0.0140. The number of amides is 1. The number of rotatable bonds is 9. The Bertz CT molecular complexity index is 1050. The first-order valence-electron chi connectivity index (χ1n) is 8.73. The van der Waals surface area contributed by atoms with Gasteiger partial charge in [-0.1, -0.05) is 6.92 Å². The van der Waals surface area contributed by atoms with E-state index in [4.69, 9.17) is 9.88 Å². The quantitative estimate of drug-likeness (QED) is 0.603. The topological polar surface area (TPSA) is 136 Å². The summed E-state index contributed by atoms with van der Waals surface area (Å²) in [6.45, 7) is 3.60. The molecule has 11 heteroatoms. The summed E-state index contributed by atoms with van der Waals surface area (Å²) >= 11 is 0. The van der Waals surface area contributed by atoms with Gasteiger partial charge in [0, 0.05) is 12.2 Å². The molecule has 3 N–H and O–H groups in total. The van der Waals surface area contributed by atoms with Gasteiger partial charge in [-0.3, -0.25) is 4.79 Å². The number of carbonyl (C=O) groups excluding carboxylic acids is 1. The first-order chi connectivity index (χ1) is 13.6. The molecule has 158 valence electrons. The zero-order valence-corrected chi connectivity index (χ0v) is 17.7. The van der Waals surface area contributed by atoms with Crippen LogP contribution in [-0.2, 0) is 24.8 Å². The molecule has 0 saturated heterocycles. The molecule has 1 amide bonds. The Morgan fingerprint density at radius 1 is 0.966 bits per heavy atom. The summed E-state index contributed by atoms with van der Waals surface area (Å²) in [6.07, 6.45) is 0. The number of benzene rings is 2. The number of anilines is 1. The van der Waals surface area contributed by atoms with E-state index >= 15 is 0 Å². The van der Waals surface area contributed by atoms with Crippen LogP contribution < -0.4 is 15.2 Å². The SMILES string of the molecule is CCOc1ccc(S(=O)(=O)N(CC)CC(=O)Nc2ccc(S(N)(=O)=O)cc2)cc1. The van der Waals surface area contributed by atoms with Gasteiger partial charge in [0.25, 0.3) is 0 Å². The minimum Gasteiger partial charge on any atom is -0.494 e. The maximum absolute atomic E-state index is 12.8. The smallest absolute Gasteiger partial charge is 0.243 e. The van der Waals surface area contributed by atoms with Crippen LogP contribution in [0.25, 0.3) is 0 Å². The standard InChI is InChI=1S/C18H23N3O6S2/c1-3-21(29(25,26)17-11-7-15(8-12-17)27-4-2)13-18(22)20-14-5-9-16(10-6-14)28(19,23)24/h5-12H,3-4,13H2,1-2H3,(H,20,22)(H2,19,23,24). The Labute approximate surface area is 170 Å². The van der Waals surface area contributed by atoms with Crippen LogP contribution in [0.4, 0.5) is 5.69 Å². The lowest BCUT2D eigenvalue weighted by Crippen LogP contribution is -2.37. The maximum atomic E-state index is 12.8. The molecule has 0 aromatic heterocycles. The number of ether oxygens (including phenoxy) is 1. The lowest BCUT2D eigenvalue weighted by molar-refractivity contribution is -0.116. The number of nitrogens with zero attached hydrogens (tertiary/aromatic N) is 1. The number of likely N-dealkylation sites (N-methyl/N-ethyl adjacent to an activating group) is 1. The molecular formula is C18H23N3O6S2. The summed E-state index contributed by atoms with van der Waals surface area (Å²) < 4.78 is 54.5. The van der Waals surface area contributed by atoms with Crippen molar-refractivity contribution in [2.45, 2.75) is 23.6 Å². The van der Waals surface area contributed by atoms with Crippen molar-refractivity contribution < 1.29 is 26.4 Å². The van der Waals surface area contributed by atoms with Crippen molar-refractivity contribution in [2.24, 2.45) is 5.14 Å². The van der Waals surface area contributed by atoms with Gasteiger partial charge >= 0.3 is 0 Å². The van der Waals surface area contributed by atoms with Crippen LogP contribution >= 0.6 is 0 Å². The van der Waals surface area contributed by atoms with Crippen LogP contribution in [0.3, 0.4) is 0 Å². The van der Waals surface area contributed by atoms with Crippen LogP contribution in [0.2, 0.25) is 0 Å². The third-order valence-corrected chi connectivity index (χ3v) is 6.78. The Kier molecular flexibility index (Phi) is 7.36. The highest BCUT2D eigenvalue weighted by molar-refractivity contribution is 7.89. The molecule has 0 unspecified atom stereocenters. The molecule has 2 aromatic rings. The summed E-state index contributed by atoms with van der Waals surface area (Å²) in [7, 11) is -7.71. The van der Waals surface area contributed by atoms with Gasteiger partial charge in [0.15, 0.2) is 0 Å². The van der Waals surface area contributed by atoms with Crippen LogP contribution in [-0.4, -0.2) is 46.7 Å². The Morgan fingerprint density at radius 3 is 2.00 bits per heavy atom. The molecule has 0 aliphatic carbocycles.